The van der Waals surface area contributed by atoms with E-state index in [9.17, 15) is 5.53 Å². The molecule has 1 aliphatic heterocycles. The van der Waals surface area contributed by atoms with Crippen LogP contribution in [0.15, 0.2) is 36.4 Å². The molecule has 0 bridgehead atoms. The third-order valence-electron chi connectivity index (χ3n) is 11.8. The normalized spacial score (nSPS) is 12.0. The molecule has 338 valence electrons. The van der Waals surface area contributed by atoms with Crippen LogP contribution in [-0.2, 0) is 55.0 Å². The molecule has 0 fully saturated rings. The predicted molar refractivity (Wildman–Crippen MR) is 262 cm³/mol. The molecule has 2 aromatic rings. The van der Waals surface area contributed by atoms with Crippen molar-refractivity contribution in [2.24, 2.45) is 0 Å². The molecule has 59 heavy (non-hydrogen) atoms. The van der Waals surface area contributed by atoms with E-state index in [1.54, 1.807) is 11.1 Å². The zero-order valence-electron chi connectivity index (χ0n) is 40.3. The first kappa shape index (κ1) is 57.0. The Bertz CT molecular complexity index is 1240. The van der Waals surface area contributed by atoms with E-state index in [1.165, 1.54) is 192 Å². The van der Waals surface area contributed by atoms with Gasteiger partial charge in [-0.25, -0.2) is 4.70 Å². The molecule has 0 unspecified atom stereocenters. The molecular formula is C56H94N2Ni. The van der Waals surface area contributed by atoms with Crippen LogP contribution in [0.4, 0.5) is 0 Å². The fourth-order valence-corrected chi connectivity index (χ4v) is 8.01. The summed E-state index contributed by atoms with van der Waals surface area (Å²) >= 11 is 0. The first-order valence-electron chi connectivity index (χ1n) is 25.1. The van der Waals surface area contributed by atoms with Crippen LogP contribution in [0.2, 0.25) is 0 Å². The van der Waals surface area contributed by atoms with Gasteiger partial charge in [-0.05, 0) is 135 Å². The van der Waals surface area contributed by atoms with Crippen LogP contribution in [0.5, 0.6) is 0 Å². The van der Waals surface area contributed by atoms with Crippen molar-refractivity contribution in [3.8, 4) is 0 Å². The second-order valence-corrected chi connectivity index (χ2v) is 17.1. The maximum absolute atomic E-state index is 12.0. The Balaban J connectivity index is 0.00000341. The van der Waals surface area contributed by atoms with E-state index < -0.39 is 0 Å². The minimum absolute atomic E-state index is 0. The minimum atomic E-state index is 0. The van der Waals surface area contributed by atoms with Gasteiger partial charge in [-0.2, -0.15) is 12.8 Å². The van der Waals surface area contributed by atoms with Crippen molar-refractivity contribution < 1.29 is 21.2 Å². The van der Waals surface area contributed by atoms with Crippen LogP contribution in [0.25, 0.3) is 16.9 Å². The van der Waals surface area contributed by atoms with Crippen molar-refractivity contribution in [1.82, 2.24) is 0 Å². The SMILES string of the molecule is CCCCCCc1c(CCCCC)cc(C2=CC=C(c3cc(CCCCC)c(CCCCCC)c(CCCCC)c3)[N+]2=[N-])cc1CCCCC.[CH2-]CCC.[CH2-]CCC.[Ni+2]. The Morgan fingerprint density at radius 1 is 0.373 bits per heavy atom. The van der Waals surface area contributed by atoms with Crippen molar-refractivity contribution in [3.05, 3.63) is 100 Å². The number of aryl methyl sites for hydroxylation is 4. The second kappa shape index (κ2) is 37.7. The van der Waals surface area contributed by atoms with Crippen LogP contribution in [-0.4, -0.2) is 4.70 Å². The fraction of sp³-hybridized carbons (Fsp3) is 0.679. The summed E-state index contributed by atoms with van der Waals surface area (Å²) in [5.41, 5.74) is 25.6. The second-order valence-electron chi connectivity index (χ2n) is 17.1. The molecule has 0 N–H and O–H groups in total. The third kappa shape index (κ3) is 22.6. The summed E-state index contributed by atoms with van der Waals surface area (Å²) < 4.78 is 1.53. The van der Waals surface area contributed by atoms with Crippen molar-refractivity contribution >= 4 is 11.4 Å². The number of nitrogens with zero attached hydrogens (tertiary/aromatic N) is 2. The molecule has 0 radical (unpaired) electrons. The van der Waals surface area contributed by atoms with Gasteiger partial charge < -0.3 is 19.4 Å². The largest absolute Gasteiger partial charge is 2.00 e. The summed E-state index contributed by atoms with van der Waals surface area (Å²) in [6.07, 6.45) is 41.4. The Hall–Kier alpha value is -1.99. The molecule has 3 rings (SSSR count). The zero-order chi connectivity index (χ0) is 42.8. The summed E-state index contributed by atoms with van der Waals surface area (Å²) in [6, 6.07) is 9.80. The molecule has 0 aliphatic carbocycles. The molecule has 1 aliphatic rings. The van der Waals surface area contributed by atoms with E-state index in [2.05, 4.69) is 106 Å². The van der Waals surface area contributed by atoms with E-state index in [1.807, 2.05) is 0 Å². The molecule has 0 saturated heterocycles. The third-order valence-corrected chi connectivity index (χ3v) is 11.8. The fourth-order valence-electron chi connectivity index (χ4n) is 8.01. The molecule has 0 saturated carbocycles. The quantitative estimate of drug-likeness (QED) is 0.0324. The minimum Gasteiger partial charge on any atom is -0.493 e. The van der Waals surface area contributed by atoms with Crippen LogP contribution < -0.4 is 0 Å². The molecule has 1 heterocycles. The number of rotatable bonds is 30. The maximum Gasteiger partial charge on any atom is 2.00 e. The van der Waals surface area contributed by atoms with E-state index in [4.69, 9.17) is 0 Å². The molecule has 2 nitrogen and oxygen atoms in total. The Labute approximate surface area is 379 Å². The number of allylic oxidation sites excluding steroid dienone is 2. The van der Waals surface area contributed by atoms with Gasteiger partial charge in [0.15, 0.2) is 0 Å². The van der Waals surface area contributed by atoms with Gasteiger partial charge >= 0.3 is 16.5 Å². The average molecular weight is 854 g/mol. The molecular weight excluding hydrogens is 759 g/mol. The first-order chi connectivity index (χ1) is 28.3. The smallest absolute Gasteiger partial charge is 0.493 e. The summed E-state index contributed by atoms with van der Waals surface area (Å²) in [4.78, 5) is 0. The number of benzene rings is 2. The van der Waals surface area contributed by atoms with Crippen molar-refractivity contribution in [2.75, 3.05) is 0 Å². The van der Waals surface area contributed by atoms with Gasteiger partial charge in [0.05, 0.1) is 0 Å². The maximum atomic E-state index is 12.0. The molecule has 0 spiro atoms. The van der Waals surface area contributed by atoms with Crippen LogP contribution >= 0.6 is 0 Å². The molecule has 0 aromatic heterocycles. The van der Waals surface area contributed by atoms with Crippen molar-refractivity contribution in [2.45, 2.75) is 248 Å². The molecule has 2 aromatic carbocycles. The van der Waals surface area contributed by atoms with Crippen molar-refractivity contribution in [3.63, 3.8) is 0 Å². The van der Waals surface area contributed by atoms with Gasteiger partial charge in [0.1, 0.15) is 0 Å². The monoisotopic (exact) mass is 853 g/mol. The first-order valence-corrected chi connectivity index (χ1v) is 25.1. The molecule has 0 atom stereocenters. The summed E-state index contributed by atoms with van der Waals surface area (Å²) in [7, 11) is 0. The number of hydrogen-bond donors (Lipinski definition) is 0. The van der Waals surface area contributed by atoms with Gasteiger partial charge in [-0.3, -0.25) is 0 Å². The topological polar surface area (TPSA) is 25.3 Å². The van der Waals surface area contributed by atoms with Crippen LogP contribution in [0.1, 0.15) is 254 Å². The Morgan fingerprint density at radius 2 is 0.610 bits per heavy atom. The Kier molecular flexibility index (Phi) is 36.5. The predicted octanol–water partition coefficient (Wildman–Crippen LogP) is 18.5. The van der Waals surface area contributed by atoms with Gasteiger partial charge in [0.25, 0.3) is 0 Å². The molecule has 0 amide bonds. The number of unbranched alkanes of at least 4 members (excludes halogenated alkanes) is 16. The van der Waals surface area contributed by atoms with E-state index in [0.717, 1.165) is 49.9 Å². The number of hydrogen-bond acceptors (Lipinski definition) is 0. The Morgan fingerprint density at radius 3 is 0.847 bits per heavy atom. The van der Waals surface area contributed by atoms with Crippen molar-refractivity contribution in [1.29, 1.82) is 0 Å². The molecule has 3 heteroatoms. The van der Waals surface area contributed by atoms with E-state index in [-0.39, 0.29) is 16.5 Å². The average Bonchev–Trinajstić information content (AvgIpc) is 3.63. The van der Waals surface area contributed by atoms with Gasteiger partial charge in [-0.15, -0.1) is 0 Å². The summed E-state index contributed by atoms with van der Waals surface area (Å²) in [6.45, 7) is 25.3. The van der Waals surface area contributed by atoms with E-state index in [0.29, 0.717) is 0 Å². The van der Waals surface area contributed by atoms with Gasteiger partial charge in [0, 0.05) is 23.3 Å². The standard InChI is InChI=1S/C48H76N2.2C4H9.Ni/c1-7-13-19-25-31-45-39(27-21-15-9-3)35-43(36-40(45)28-22-16-10-4)47-33-34-48(50(47)49)44-37-41(29-23-17-11-5)46(32-26-20-14-8-2)42(38-44)30-24-18-12-6;2*1-3-4-2;/h33-38H,7-32H2,1-6H3;2*1,3-4H2,2H3;/q;2*-1;+2. The summed E-state index contributed by atoms with van der Waals surface area (Å²) in [5, 5.41) is 0. The van der Waals surface area contributed by atoms with Gasteiger partial charge in [-0.1, -0.05) is 158 Å². The van der Waals surface area contributed by atoms with Gasteiger partial charge in [0.2, 0.25) is 11.4 Å². The van der Waals surface area contributed by atoms with Crippen LogP contribution in [0, 0.1) is 13.8 Å². The zero-order valence-corrected chi connectivity index (χ0v) is 41.3. The van der Waals surface area contributed by atoms with Crippen LogP contribution in [0.3, 0.4) is 0 Å². The summed E-state index contributed by atoms with van der Waals surface area (Å²) in [5.74, 6) is 0. The van der Waals surface area contributed by atoms with E-state index >= 15 is 0 Å².